The van der Waals surface area contributed by atoms with E-state index < -0.39 is 5.38 Å². The second kappa shape index (κ2) is 5.57. The first-order valence-electron chi connectivity index (χ1n) is 6.79. The summed E-state index contributed by atoms with van der Waals surface area (Å²) >= 11 is 6.44. The van der Waals surface area contributed by atoms with Crippen LogP contribution in [0.5, 0.6) is 0 Å². The Morgan fingerprint density at radius 1 is 1.00 bits per heavy atom. The summed E-state index contributed by atoms with van der Waals surface area (Å²) < 4.78 is 13.9. The zero-order chi connectivity index (χ0) is 14.9. The molecule has 1 atom stereocenters. The number of benzene rings is 2. The average molecular weight is 291 g/mol. The van der Waals surface area contributed by atoms with Crippen molar-refractivity contribution in [3.05, 3.63) is 70.5 Å². The number of hydrogen-bond donors (Lipinski definition) is 0. The first-order valence-corrected chi connectivity index (χ1v) is 7.23. The van der Waals surface area contributed by atoms with Crippen LogP contribution in [0, 0.1) is 12.7 Å². The monoisotopic (exact) mass is 290 g/mol. The van der Waals surface area contributed by atoms with Crippen LogP contribution in [-0.4, -0.2) is 0 Å². The number of rotatable bonds is 2. The van der Waals surface area contributed by atoms with Gasteiger partial charge in [0.25, 0.3) is 0 Å². The van der Waals surface area contributed by atoms with Crippen LogP contribution < -0.4 is 0 Å². The van der Waals surface area contributed by atoms with E-state index >= 15 is 0 Å². The van der Waals surface area contributed by atoms with Gasteiger partial charge in [0.2, 0.25) is 0 Å². The van der Waals surface area contributed by atoms with Crippen LogP contribution in [0.3, 0.4) is 0 Å². The van der Waals surface area contributed by atoms with E-state index in [2.05, 4.69) is 32.9 Å². The largest absolute Gasteiger partial charge is 0.207 e. The van der Waals surface area contributed by atoms with Gasteiger partial charge in [0, 0.05) is 5.56 Å². The van der Waals surface area contributed by atoms with Crippen LogP contribution in [0.15, 0.2) is 42.5 Å². The molecule has 106 valence electrons. The molecule has 0 aliphatic heterocycles. The Morgan fingerprint density at radius 3 is 2.15 bits per heavy atom. The topological polar surface area (TPSA) is 0 Å². The molecule has 2 aromatic rings. The molecule has 0 saturated carbocycles. The van der Waals surface area contributed by atoms with Gasteiger partial charge in [-0.2, -0.15) is 0 Å². The molecule has 0 radical (unpaired) electrons. The lowest BCUT2D eigenvalue weighted by atomic mass is 9.86. The lowest BCUT2D eigenvalue weighted by Gasteiger charge is -2.20. The molecule has 0 aromatic heterocycles. The van der Waals surface area contributed by atoms with Gasteiger partial charge < -0.3 is 0 Å². The lowest BCUT2D eigenvalue weighted by molar-refractivity contribution is 0.589. The molecule has 0 bridgehead atoms. The molecule has 2 rings (SSSR count). The quantitative estimate of drug-likeness (QED) is 0.617. The van der Waals surface area contributed by atoms with Crippen molar-refractivity contribution in [1.29, 1.82) is 0 Å². The van der Waals surface area contributed by atoms with Crippen molar-refractivity contribution >= 4 is 11.6 Å². The highest BCUT2D eigenvalue weighted by molar-refractivity contribution is 6.22. The third-order valence-corrected chi connectivity index (χ3v) is 3.98. The minimum absolute atomic E-state index is 0.106. The Morgan fingerprint density at radius 2 is 1.60 bits per heavy atom. The van der Waals surface area contributed by atoms with Gasteiger partial charge in [0.15, 0.2) is 0 Å². The molecule has 0 aliphatic carbocycles. The number of aryl methyl sites for hydroxylation is 1. The Labute approximate surface area is 125 Å². The fraction of sp³-hybridized carbons (Fsp3) is 0.333. The van der Waals surface area contributed by atoms with Gasteiger partial charge in [0.1, 0.15) is 5.82 Å². The van der Waals surface area contributed by atoms with Crippen LogP contribution in [0.1, 0.15) is 48.4 Å². The minimum Gasteiger partial charge on any atom is -0.207 e. The zero-order valence-electron chi connectivity index (χ0n) is 12.4. The molecule has 0 aliphatic rings. The lowest BCUT2D eigenvalue weighted by Crippen LogP contribution is -2.11. The number of alkyl halides is 1. The summed E-state index contributed by atoms with van der Waals surface area (Å²) in [6.45, 7) is 8.44. The number of hydrogen-bond acceptors (Lipinski definition) is 0. The molecule has 0 fully saturated rings. The van der Waals surface area contributed by atoms with E-state index in [0.717, 1.165) is 11.1 Å². The fourth-order valence-electron chi connectivity index (χ4n) is 2.19. The van der Waals surface area contributed by atoms with E-state index in [1.165, 1.54) is 11.6 Å². The van der Waals surface area contributed by atoms with Gasteiger partial charge in [-0.15, -0.1) is 11.6 Å². The van der Waals surface area contributed by atoms with Crippen LogP contribution in [0.4, 0.5) is 4.39 Å². The average Bonchev–Trinajstić information content (AvgIpc) is 2.40. The van der Waals surface area contributed by atoms with E-state index in [1.54, 1.807) is 6.07 Å². The van der Waals surface area contributed by atoms with Gasteiger partial charge in [-0.1, -0.05) is 62.7 Å². The van der Waals surface area contributed by atoms with Crippen LogP contribution in [0.25, 0.3) is 0 Å². The van der Waals surface area contributed by atoms with Gasteiger partial charge in [-0.05, 0) is 29.5 Å². The summed E-state index contributed by atoms with van der Waals surface area (Å²) in [5.74, 6) is -0.254. The molecule has 0 spiro atoms. The summed E-state index contributed by atoms with van der Waals surface area (Å²) in [6.07, 6.45) is 0. The highest BCUT2D eigenvalue weighted by Crippen LogP contribution is 2.32. The molecule has 0 amide bonds. The van der Waals surface area contributed by atoms with E-state index in [0.29, 0.717) is 5.56 Å². The SMILES string of the molecule is Cc1ccc(F)c(C(Cl)c2ccc(C(C)(C)C)cc2)c1. The van der Waals surface area contributed by atoms with Crippen molar-refractivity contribution in [3.63, 3.8) is 0 Å². The summed E-state index contributed by atoms with van der Waals surface area (Å²) in [5, 5.41) is -0.455. The maximum Gasteiger partial charge on any atom is 0.128 e. The third-order valence-electron chi connectivity index (χ3n) is 3.49. The summed E-state index contributed by atoms with van der Waals surface area (Å²) in [5.41, 5.74) is 3.82. The second-order valence-electron chi connectivity index (χ2n) is 6.26. The van der Waals surface area contributed by atoms with E-state index in [9.17, 15) is 4.39 Å². The van der Waals surface area contributed by atoms with Crippen molar-refractivity contribution in [2.45, 2.75) is 38.5 Å². The second-order valence-corrected chi connectivity index (χ2v) is 6.70. The van der Waals surface area contributed by atoms with Crippen molar-refractivity contribution in [3.8, 4) is 0 Å². The van der Waals surface area contributed by atoms with Crippen molar-refractivity contribution < 1.29 is 4.39 Å². The smallest absolute Gasteiger partial charge is 0.128 e. The fourth-order valence-corrected chi connectivity index (χ4v) is 2.50. The molecule has 0 heterocycles. The Kier molecular flexibility index (Phi) is 4.19. The summed E-state index contributed by atoms with van der Waals surface area (Å²) in [4.78, 5) is 0. The highest BCUT2D eigenvalue weighted by atomic mass is 35.5. The van der Waals surface area contributed by atoms with Gasteiger partial charge >= 0.3 is 0 Å². The van der Waals surface area contributed by atoms with E-state index in [4.69, 9.17) is 11.6 Å². The molecular weight excluding hydrogens is 271 g/mol. The van der Waals surface area contributed by atoms with E-state index in [-0.39, 0.29) is 11.2 Å². The van der Waals surface area contributed by atoms with Gasteiger partial charge in [0.05, 0.1) is 5.38 Å². The number of halogens is 2. The summed E-state index contributed by atoms with van der Waals surface area (Å²) in [7, 11) is 0. The van der Waals surface area contributed by atoms with Crippen molar-refractivity contribution in [1.82, 2.24) is 0 Å². The molecule has 0 nitrogen and oxygen atoms in total. The molecule has 20 heavy (non-hydrogen) atoms. The predicted octanol–water partition coefficient (Wildman–Crippen LogP) is 5.76. The highest BCUT2D eigenvalue weighted by Gasteiger charge is 2.17. The normalized spacial score (nSPS) is 13.3. The van der Waals surface area contributed by atoms with Crippen LogP contribution >= 0.6 is 11.6 Å². The molecule has 0 N–H and O–H groups in total. The molecule has 2 heteroatoms. The van der Waals surface area contributed by atoms with Crippen LogP contribution in [-0.2, 0) is 5.41 Å². The zero-order valence-corrected chi connectivity index (χ0v) is 13.1. The Bertz CT molecular complexity index is 594. The van der Waals surface area contributed by atoms with Crippen molar-refractivity contribution in [2.75, 3.05) is 0 Å². The maximum atomic E-state index is 13.9. The molecule has 2 aromatic carbocycles. The van der Waals surface area contributed by atoms with Gasteiger partial charge in [-0.25, -0.2) is 4.39 Å². The van der Waals surface area contributed by atoms with Crippen LogP contribution in [0.2, 0.25) is 0 Å². The Balaban J connectivity index is 2.34. The summed E-state index contributed by atoms with van der Waals surface area (Å²) in [6, 6.07) is 13.1. The Hall–Kier alpha value is -1.34. The maximum absolute atomic E-state index is 13.9. The van der Waals surface area contributed by atoms with Crippen molar-refractivity contribution in [2.24, 2.45) is 0 Å². The minimum atomic E-state index is -0.455. The third kappa shape index (κ3) is 3.21. The first kappa shape index (κ1) is 15.1. The molecule has 0 saturated heterocycles. The first-order chi connectivity index (χ1) is 9.29. The van der Waals surface area contributed by atoms with Gasteiger partial charge in [-0.3, -0.25) is 0 Å². The standard InChI is InChI=1S/C18H20ClF/c1-12-5-10-16(20)15(11-12)17(19)13-6-8-14(9-7-13)18(2,3)4/h5-11,17H,1-4H3. The molecule has 1 unspecified atom stereocenters. The molecular formula is C18H20ClF. The van der Waals surface area contributed by atoms with E-state index in [1.807, 2.05) is 25.1 Å². The predicted molar refractivity (Wildman–Crippen MR) is 84.0 cm³/mol.